The molecule has 1 N–H and O–H groups in total. The molecule has 2 aromatic rings. The molecular weight excluding hydrogens is 366 g/mol. The molecule has 0 bridgehead atoms. The fraction of sp³-hybridized carbons (Fsp3) is 0.350. The monoisotopic (exact) mass is 389 g/mol. The number of nitrogens with one attached hydrogen (secondary N) is 1. The average molecular weight is 390 g/mol. The number of carbonyl (C=O) groups excluding carboxylic acids is 1. The summed E-state index contributed by atoms with van der Waals surface area (Å²) in [6.45, 7) is 8.31. The second-order valence-electron chi connectivity index (χ2n) is 6.14. The van der Waals surface area contributed by atoms with E-state index in [0.29, 0.717) is 5.92 Å². The van der Waals surface area contributed by atoms with Crippen molar-refractivity contribution in [3.05, 3.63) is 57.6 Å². The molecule has 0 fully saturated rings. The number of para-hydroxylation sites is 1. The first kappa shape index (κ1) is 18.5. The van der Waals surface area contributed by atoms with Gasteiger partial charge in [-0.2, -0.15) is 0 Å². The third-order valence-corrected chi connectivity index (χ3v) is 4.80. The van der Waals surface area contributed by atoms with E-state index in [4.69, 9.17) is 4.74 Å². The smallest absolute Gasteiger partial charge is 0.262 e. The van der Waals surface area contributed by atoms with Gasteiger partial charge in [0.05, 0.1) is 0 Å². The van der Waals surface area contributed by atoms with Gasteiger partial charge in [0, 0.05) is 10.2 Å². The lowest BCUT2D eigenvalue weighted by Crippen LogP contribution is -2.21. The van der Waals surface area contributed by atoms with Crippen LogP contribution in [0.25, 0.3) is 0 Å². The number of halogens is 1. The first-order chi connectivity index (χ1) is 11.4. The third kappa shape index (κ3) is 4.60. The number of hydrogen-bond acceptors (Lipinski definition) is 2. The Balaban J connectivity index is 2.08. The molecule has 4 heteroatoms. The predicted octanol–water partition coefficient (Wildman–Crippen LogP) is 5.46. The van der Waals surface area contributed by atoms with Crippen LogP contribution in [0.5, 0.6) is 5.75 Å². The standard InChI is InChI=1S/C20H24BrNO2/c1-5-15-8-6-7-9-18(15)22-20(23)12-24-19-10-14(4)17(21)11-16(19)13(2)3/h6-11,13H,5,12H2,1-4H3,(H,22,23). The van der Waals surface area contributed by atoms with Crippen molar-refractivity contribution in [3.8, 4) is 5.75 Å². The first-order valence-electron chi connectivity index (χ1n) is 8.23. The number of hydrogen-bond donors (Lipinski definition) is 1. The van der Waals surface area contributed by atoms with Crippen molar-refractivity contribution in [2.45, 2.75) is 40.0 Å². The van der Waals surface area contributed by atoms with E-state index >= 15 is 0 Å². The molecular formula is C20H24BrNO2. The molecule has 2 aromatic carbocycles. The molecule has 0 radical (unpaired) electrons. The Hall–Kier alpha value is -1.81. The van der Waals surface area contributed by atoms with Gasteiger partial charge >= 0.3 is 0 Å². The van der Waals surface area contributed by atoms with Crippen LogP contribution in [0.1, 0.15) is 43.4 Å². The number of carbonyl (C=O) groups is 1. The van der Waals surface area contributed by atoms with Crippen LogP contribution in [0.15, 0.2) is 40.9 Å². The third-order valence-electron chi connectivity index (χ3n) is 3.94. The van der Waals surface area contributed by atoms with Gasteiger partial charge in [-0.15, -0.1) is 0 Å². The van der Waals surface area contributed by atoms with Crippen molar-refractivity contribution in [1.29, 1.82) is 0 Å². The molecule has 0 aliphatic heterocycles. The molecule has 24 heavy (non-hydrogen) atoms. The number of anilines is 1. The van der Waals surface area contributed by atoms with E-state index in [0.717, 1.165) is 39.0 Å². The predicted molar refractivity (Wildman–Crippen MR) is 103 cm³/mol. The van der Waals surface area contributed by atoms with Gasteiger partial charge in [-0.25, -0.2) is 0 Å². The molecule has 0 saturated carbocycles. The van der Waals surface area contributed by atoms with E-state index in [1.54, 1.807) is 0 Å². The minimum Gasteiger partial charge on any atom is -0.483 e. The molecule has 0 spiro atoms. The Bertz CT molecular complexity index is 726. The van der Waals surface area contributed by atoms with Crippen LogP contribution in [0.3, 0.4) is 0 Å². The molecule has 0 atom stereocenters. The molecule has 0 heterocycles. The van der Waals surface area contributed by atoms with Crippen LogP contribution >= 0.6 is 15.9 Å². The molecule has 1 amide bonds. The molecule has 0 aliphatic carbocycles. The van der Waals surface area contributed by atoms with Crippen molar-refractivity contribution in [2.75, 3.05) is 11.9 Å². The fourth-order valence-electron chi connectivity index (χ4n) is 2.53. The summed E-state index contributed by atoms with van der Waals surface area (Å²) in [7, 11) is 0. The van der Waals surface area contributed by atoms with Crippen molar-refractivity contribution in [2.24, 2.45) is 0 Å². The van der Waals surface area contributed by atoms with Crippen LogP contribution in [0, 0.1) is 6.92 Å². The summed E-state index contributed by atoms with van der Waals surface area (Å²) in [5.41, 5.74) is 4.15. The largest absolute Gasteiger partial charge is 0.483 e. The zero-order chi connectivity index (χ0) is 17.7. The Morgan fingerprint density at radius 2 is 1.96 bits per heavy atom. The van der Waals surface area contributed by atoms with Gasteiger partial charge in [-0.05, 0) is 54.2 Å². The normalized spacial score (nSPS) is 10.8. The lowest BCUT2D eigenvalue weighted by molar-refractivity contribution is -0.118. The molecule has 0 aromatic heterocycles. The summed E-state index contributed by atoms with van der Waals surface area (Å²) >= 11 is 3.55. The van der Waals surface area contributed by atoms with Crippen LogP contribution in [-0.4, -0.2) is 12.5 Å². The molecule has 0 unspecified atom stereocenters. The highest BCUT2D eigenvalue weighted by Crippen LogP contribution is 2.32. The van der Waals surface area contributed by atoms with E-state index in [9.17, 15) is 4.79 Å². The van der Waals surface area contributed by atoms with Crippen LogP contribution in [0.2, 0.25) is 0 Å². The van der Waals surface area contributed by atoms with Gasteiger partial charge in [0.25, 0.3) is 5.91 Å². The summed E-state index contributed by atoms with van der Waals surface area (Å²) < 4.78 is 6.86. The fourth-order valence-corrected chi connectivity index (χ4v) is 2.89. The van der Waals surface area contributed by atoms with Crippen molar-refractivity contribution < 1.29 is 9.53 Å². The number of ether oxygens (including phenoxy) is 1. The van der Waals surface area contributed by atoms with Gasteiger partial charge in [0.1, 0.15) is 5.75 Å². The summed E-state index contributed by atoms with van der Waals surface area (Å²) in [6, 6.07) is 11.9. The van der Waals surface area contributed by atoms with E-state index < -0.39 is 0 Å². The molecule has 0 aliphatic rings. The Labute approximate surface area is 152 Å². The van der Waals surface area contributed by atoms with Crippen molar-refractivity contribution in [3.63, 3.8) is 0 Å². The number of amides is 1. The number of benzene rings is 2. The van der Waals surface area contributed by atoms with Gasteiger partial charge in [0.15, 0.2) is 6.61 Å². The SMILES string of the molecule is CCc1ccccc1NC(=O)COc1cc(C)c(Br)cc1C(C)C. The first-order valence-corrected chi connectivity index (χ1v) is 9.02. The lowest BCUT2D eigenvalue weighted by atomic mass is 10.0. The Kier molecular flexibility index (Phi) is 6.44. The summed E-state index contributed by atoms with van der Waals surface area (Å²) in [4.78, 5) is 12.2. The molecule has 2 rings (SSSR count). The highest BCUT2D eigenvalue weighted by molar-refractivity contribution is 9.10. The van der Waals surface area contributed by atoms with Crippen LogP contribution in [-0.2, 0) is 11.2 Å². The van der Waals surface area contributed by atoms with E-state index in [2.05, 4.69) is 48.1 Å². The van der Waals surface area contributed by atoms with Crippen molar-refractivity contribution >= 4 is 27.5 Å². The van der Waals surface area contributed by atoms with Crippen LogP contribution < -0.4 is 10.1 Å². The van der Waals surface area contributed by atoms with Gasteiger partial charge < -0.3 is 10.1 Å². The topological polar surface area (TPSA) is 38.3 Å². The molecule has 128 valence electrons. The maximum atomic E-state index is 12.2. The molecule has 0 saturated heterocycles. The van der Waals surface area contributed by atoms with E-state index in [1.165, 1.54) is 0 Å². The summed E-state index contributed by atoms with van der Waals surface area (Å²) in [5.74, 6) is 0.941. The molecule has 3 nitrogen and oxygen atoms in total. The Morgan fingerprint density at radius 1 is 1.25 bits per heavy atom. The summed E-state index contributed by atoms with van der Waals surface area (Å²) in [6.07, 6.45) is 0.876. The quantitative estimate of drug-likeness (QED) is 0.711. The van der Waals surface area contributed by atoms with E-state index in [1.807, 2.05) is 37.3 Å². The highest BCUT2D eigenvalue weighted by Gasteiger charge is 2.13. The van der Waals surface area contributed by atoms with Crippen LogP contribution in [0.4, 0.5) is 5.69 Å². The zero-order valence-corrected chi connectivity index (χ0v) is 16.2. The average Bonchev–Trinajstić information content (AvgIpc) is 2.55. The second kappa shape index (κ2) is 8.34. The number of aryl methyl sites for hydroxylation is 2. The van der Waals surface area contributed by atoms with E-state index in [-0.39, 0.29) is 12.5 Å². The maximum absolute atomic E-state index is 12.2. The summed E-state index contributed by atoms with van der Waals surface area (Å²) in [5, 5.41) is 2.93. The number of rotatable bonds is 6. The van der Waals surface area contributed by atoms with Crippen molar-refractivity contribution in [1.82, 2.24) is 0 Å². The van der Waals surface area contributed by atoms with Gasteiger partial charge in [-0.3, -0.25) is 4.79 Å². The zero-order valence-electron chi connectivity index (χ0n) is 14.7. The maximum Gasteiger partial charge on any atom is 0.262 e. The highest BCUT2D eigenvalue weighted by atomic mass is 79.9. The minimum atomic E-state index is -0.147. The minimum absolute atomic E-state index is 0.00115. The van der Waals surface area contributed by atoms with Gasteiger partial charge in [0.2, 0.25) is 0 Å². The lowest BCUT2D eigenvalue weighted by Gasteiger charge is -2.16. The Morgan fingerprint density at radius 3 is 2.62 bits per heavy atom. The second-order valence-corrected chi connectivity index (χ2v) is 7.00. The van der Waals surface area contributed by atoms with Gasteiger partial charge in [-0.1, -0.05) is 54.9 Å².